The first-order valence-corrected chi connectivity index (χ1v) is 10.2. The van der Waals surface area contributed by atoms with Crippen LogP contribution in [0, 0.1) is 5.92 Å². The molecule has 0 saturated heterocycles. The molecule has 30 heavy (non-hydrogen) atoms. The van der Waals surface area contributed by atoms with Crippen molar-refractivity contribution in [2.75, 3.05) is 11.3 Å². The van der Waals surface area contributed by atoms with Crippen LogP contribution < -0.4 is 9.46 Å². The van der Waals surface area contributed by atoms with Crippen LogP contribution in [0.4, 0.5) is 18.9 Å². The first kappa shape index (κ1) is 20.6. The molecule has 0 spiro atoms. The molecule has 0 fully saturated rings. The fourth-order valence-electron chi connectivity index (χ4n) is 3.59. The molecule has 2 heterocycles. The fourth-order valence-corrected chi connectivity index (χ4v) is 3.99. The number of aliphatic hydroxyl groups is 1. The van der Waals surface area contributed by atoms with E-state index in [9.17, 15) is 18.3 Å². The molecule has 2 atom stereocenters. The summed E-state index contributed by atoms with van der Waals surface area (Å²) in [5.74, 6) is 0.426. The topological polar surface area (TPSA) is 59.3 Å². The zero-order valence-electron chi connectivity index (χ0n) is 16.1. The smallest absolute Gasteiger partial charge is 0.461 e. The van der Waals surface area contributed by atoms with Gasteiger partial charge in [0.1, 0.15) is 5.75 Å². The number of nitrogens with one attached hydrogen (secondary N) is 1. The van der Waals surface area contributed by atoms with Gasteiger partial charge in [0.2, 0.25) is 0 Å². The highest BCUT2D eigenvalue weighted by atomic mass is 32.2. The maximum absolute atomic E-state index is 12.6. The number of benzene rings is 2. The lowest BCUT2D eigenvalue weighted by molar-refractivity contribution is -0.0323. The number of aryl methyl sites for hydroxylation is 1. The number of aliphatic hydroxyl groups excluding tert-OH is 1. The van der Waals surface area contributed by atoms with E-state index in [4.69, 9.17) is 4.74 Å². The molecule has 0 radical (unpaired) electrons. The summed E-state index contributed by atoms with van der Waals surface area (Å²) in [6, 6.07) is 14.0. The largest absolute Gasteiger partial charge is 0.493 e. The van der Waals surface area contributed by atoms with Gasteiger partial charge in [-0.1, -0.05) is 30.3 Å². The van der Waals surface area contributed by atoms with E-state index in [1.54, 1.807) is 53.3 Å². The Labute approximate surface area is 176 Å². The number of fused-ring (bicyclic) bond motifs is 1. The molecule has 2 N–H and O–H groups in total. The van der Waals surface area contributed by atoms with Crippen molar-refractivity contribution in [2.24, 2.45) is 13.0 Å². The van der Waals surface area contributed by atoms with Gasteiger partial charge in [-0.3, -0.25) is 4.68 Å². The minimum atomic E-state index is -4.39. The Hall–Kier alpha value is -2.65. The van der Waals surface area contributed by atoms with Crippen molar-refractivity contribution in [1.82, 2.24) is 9.78 Å². The van der Waals surface area contributed by atoms with E-state index < -0.39 is 11.6 Å². The second kappa shape index (κ2) is 8.23. The number of para-hydroxylation sites is 1. The number of hydrogen-bond donors (Lipinski definition) is 2. The number of nitrogens with zero attached hydrogens (tertiary/aromatic N) is 2. The molecule has 2 aromatic carbocycles. The van der Waals surface area contributed by atoms with E-state index in [1.165, 1.54) is 0 Å². The van der Waals surface area contributed by atoms with E-state index in [-0.39, 0.29) is 17.9 Å². The highest BCUT2D eigenvalue weighted by Crippen LogP contribution is 2.41. The number of anilines is 1. The molecule has 0 bridgehead atoms. The molecule has 4 rings (SSSR count). The van der Waals surface area contributed by atoms with E-state index in [1.807, 2.05) is 13.1 Å². The summed E-state index contributed by atoms with van der Waals surface area (Å²) in [6.07, 6.45) is 1.64. The van der Waals surface area contributed by atoms with E-state index in [2.05, 4.69) is 9.82 Å². The molecular formula is C21H20F3N3O2S. The molecule has 0 aliphatic carbocycles. The normalized spacial score (nSPS) is 18.6. The second-order valence-electron chi connectivity index (χ2n) is 7.11. The third-order valence-electron chi connectivity index (χ3n) is 5.14. The van der Waals surface area contributed by atoms with Crippen LogP contribution in [0.2, 0.25) is 0 Å². The minimum Gasteiger partial charge on any atom is -0.493 e. The van der Waals surface area contributed by atoms with E-state index in [0.29, 0.717) is 41.2 Å². The van der Waals surface area contributed by atoms with Gasteiger partial charge in [-0.2, -0.15) is 18.3 Å². The van der Waals surface area contributed by atoms with Crippen molar-refractivity contribution < 1.29 is 23.0 Å². The Morgan fingerprint density at radius 2 is 2.03 bits per heavy atom. The summed E-state index contributed by atoms with van der Waals surface area (Å²) < 4.78 is 47.8. The van der Waals surface area contributed by atoms with Gasteiger partial charge in [0.05, 0.1) is 30.3 Å². The Kier molecular flexibility index (Phi) is 5.66. The predicted molar refractivity (Wildman–Crippen MR) is 110 cm³/mol. The zero-order valence-corrected chi connectivity index (χ0v) is 16.9. The summed E-state index contributed by atoms with van der Waals surface area (Å²) in [4.78, 5) is 0. The molecule has 5 nitrogen and oxygen atoms in total. The lowest BCUT2D eigenvalue weighted by atomic mass is 9.88. The number of ether oxygens (including phenoxy) is 1. The third kappa shape index (κ3) is 4.41. The van der Waals surface area contributed by atoms with Gasteiger partial charge in [0.25, 0.3) is 0 Å². The van der Waals surface area contributed by atoms with Crippen molar-refractivity contribution in [3.63, 3.8) is 0 Å². The first-order chi connectivity index (χ1) is 14.3. The first-order valence-electron chi connectivity index (χ1n) is 9.33. The van der Waals surface area contributed by atoms with Crippen LogP contribution in [-0.2, 0) is 13.5 Å². The third-order valence-corrected chi connectivity index (χ3v) is 5.69. The monoisotopic (exact) mass is 435 g/mol. The van der Waals surface area contributed by atoms with Crippen LogP contribution in [0.15, 0.2) is 54.7 Å². The van der Waals surface area contributed by atoms with Crippen molar-refractivity contribution >= 4 is 17.6 Å². The molecular weight excluding hydrogens is 415 g/mol. The minimum absolute atomic E-state index is 0.115. The molecule has 1 aromatic heterocycles. The maximum Gasteiger partial charge on any atom is 0.461 e. The summed E-state index contributed by atoms with van der Waals surface area (Å²) in [5, 5.41) is 15.0. The molecule has 0 saturated carbocycles. The summed E-state index contributed by atoms with van der Waals surface area (Å²) in [5.41, 5.74) is -1.04. The Bertz CT molecular complexity index is 1040. The van der Waals surface area contributed by atoms with Crippen LogP contribution in [0.5, 0.6) is 5.75 Å². The van der Waals surface area contributed by atoms with Gasteiger partial charge >= 0.3 is 5.51 Å². The fraction of sp³-hybridized carbons (Fsp3) is 0.286. The predicted octanol–water partition coefficient (Wildman–Crippen LogP) is 4.95. The number of hydrogen-bond acceptors (Lipinski definition) is 5. The van der Waals surface area contributed by atoms with Crippen LogP contribution in [0.25, 0.3) is 11.1 Å². The molecule has 2 unspecified atom stereocenters. The Morgan fingerprint density at radius 1 is 1.23 bits per heavy atom. The van der Waals surface area contributed by atoms with Gasteiger partial charge in [-0.05, 0) is 30.2 Å². The number of halogens is 3. The Morgan fingerprint density at radius 3 is 2.77 bits per heavy atom. The van der Waals surface area contributed by atoms with E-state index in [0.717, 1.165) is 5.69 Å². The maximum atomic E-state index is 12.6. The van der Waals surface area contributed by atoms with Crippen molar-refractivity contribution in [3.8, 4) is 16.9 Å². The van der Waals surface area contributed by atoms with Gasteiger partial charge in [-0.25, -0.2) is 0 Å². The summed E-state index contributed by atoms with van der Waals surface area (Å²) in [6.45, 7) is 0.340. The molecule has 1 aliphatic heterocycles. The quantitative estimate of drug-likeness (QED) is 0.556. The lowest BCUT2D eigenvalue weighted by Crippen LogP contribution is -2.28. The summed E-state index contributed by atoms with van der Waals surface area (Å²) in [7, 11) is 1.86. The van der Waals surface area contributed by atoms with Crippen LogP contribution in [-0.4, -0.2) is 27.0 Å². The molecule has 158 valence electrons. The molecule has 1 aliphatic rings. The highest BCUT2D eigenvalue weighted by Gasteiger charge is 2.31. The van der Waals surface area contributed by atoms with Gasteiger partial charge in [0, 0.05) is 36.0 Å². The van der Waals surface area contributed by atoms with Gasteiger partial charge < -0.3 is 14.6 Å². The standard InChI is InChI=1S/C21H20F3N3O2S/c1-27-15(8-9-25-27)10-14-12-29-19-11-13(6-7-17(19)20(14)28)16-4-2-3-5-18(16)26-30-21(22,23)24/h2-9,11,14,20,26,28H,10,12H2,1H3. The zero-order chi connectivity index (χ0) is 21.3. The van der Waals surface area contributed by atoms with Crippen LogP contribution in [0.3, 0.4) is 0 Å². The summed E-state index contributed by atoms with van der Waals surface area (Å²) >= 11 is -0.301. The average molecular weight is 435 g/mol. The lowest BCUT2D eigenvalue weighted by Gasteiger charge is -2.30. The van der Waals surface area contributed by atoms with E-state index >= 15 is 0 Å². The van der Waals surface area contributed by atoms with Crippen LogP contribution >= 0.6 is 11.9 Å². The molecule has 0 amide bonds. The Balaban J connectivity index is 1.57. The van der Waals surface area contributed by atoms with Gasteiger partial charge in [0.15, 0.2) is 0 Å². The number of alkyl halides is 3. The van der Waals surface area contributed by atoms with Crippen molar-refractivity contribution in [1.29, 1.82) is 0 Å². The average Bonchev–Trinajstić information content (AvgIpc) is 3.12. The SMILES string of the molecule is Cn1nccc1CC1COc2cc(-c3ccccc3NSC(F)(F)F)ccc2C1O. The second-order valence-corrected chi connectivity index (χ2v) is 7.99. The molecule has 9 heteroatoms. The van der Waals surface area contributed by atoms with Gasteiger partial charge in [-0.15, -0.1) is 0 Å². The molecule has 3 aromatic rings. The van der Waals surface area contributed by atoms with Crippen molar-refractivity contribution in [2.45, 2.75) is 18.0 Å². The number of rotatable bonds is 5. The van der Waals surface area contributed by atoms with Crippen LogP contribution in [0.1, 0.15) is 17.4 Å². The highest BCUT2D eigenvalue weighted by molar-refractivity contribution is 8.01. The van der Waals surface area contributed by atoms with Crippen molar-refractivity contribution in [3.05, 3.63) is 66.0 Å². The number of aromatic nitrogens is 2.